The van der Waals surface area contributed by atoms with Crippen molar-refractivity contribution < 1.29 is 4.84 Å². The molecule has 0 aliphatic rings. The smallest absolute Gasteiger partial charge is 0.0856 e. The SMILES string of the molecule is CCONC(C)CC(N=CN)=C(C)C=NCc1cncc(C)c1. The summed E-state index contributed by atoms with van der Waals surface area (Å²) in [6.45, 7) is 9.18. The number of aryl methyl sites for hydroxylation is 1. The van der Waals surface area contributed by atoms with Gasteiger partial charge in [0.1, 0.15) is 0 Å². The van der Waals surface area contributed by atoms with Gasteiger partial charge >= 0.3 is 0 Å². The largest absolute Gasteiger partial charge is 0.390 e. The molecule has 0 aromatic carbocycles. The minimum absolute atomic E-state index is 0.137. The molecule has 0 amide bonds. The molecule has 1 aromatic heterocycles. The Balaban J connectivity index is 2.71. The zero-order valence-corrected chi connectivity index (χ0v) is 14.4. The van der Waals surface area contributed by atoms with Gasteiger partial charge in [0, 0.05) is 36.8 Å². The van der Waals surface area contributed by atoms with Gasteiger partial charge in [0.25, 0.3) is 0 Å². The number of aromatic nitrogens is 1. The van der Waals surface area contributed by atoms with Gasteiger partial charge in [-0.25, -0.2) is 4.99 Å². The summed E-state index contributed by atoms with van der Waals surface area (Å²) in [4.78, 5) is 18.1. The summed E-state index contributed by atoms with van der Waals surface area (Å²) in [5.41, 5.74) is 12.5. The molecule has 1 rings (SSSR count). The molecule has 0 bridgehead atoms. The summed E-state index contributed by atoms with van der Waals surface area (Å²) in [6, 6.07) is 2.22. The lowest BCUT2D eigenvalue weighted by Gasteiger charge is -2.14. The molecule has 1 unspecified atom stereocenters. The average molecular weight is 317 g/mol. The van der Waals surface area contributed by atoms with Crippen LogP contribution in [0.2, 0.25) is 0 Å². The molecule has 0 saturated heterocycles. The van der Waals surface area contributed by atoms with Crippen molar-refractivity contribution in [2.45, 2.75) is 46.7 Å². The monoisotopic (exact) mass is 317 g/mol. The first-order valence-electron chi connectivity index (χ1n) is 7.78. The molecule has 3 N–H and O–H groups in total. The van der Waals surface area contributed by atoms with Gasteiger partial charge in [0.05, 0.1) is 19.5 Å². The molecular formula is C17H27N5O. The van der Waals surface area contributed by atoms with E-state index in [2.05, 4.69) is 26.5 Å². The Labute approximate surface area is 138 Å². The van der Waals surface area contributed by atoms with Crippen LogP contribution in [0.3, 0.4) is 0 Å². The van der Waals surface area contributed by atoms with Crippen LogP contribution >= 0.6 is 0 Å². The standard InChI is InChI=1S/C17H27N5O/c1-5-23-22-15(4)7-17(21-12-18)14(3)9-20-11-16-6-13(2)8-19-10-16/h6,8-10,12,15,22H,5,7,11H2,1-4H3,(H2,18,21). The highest BCUT2D eigenvalue weighted by molar-refractivity contribution is 5.79. The lowest BCUT2D eigenvalue weighted by molar-refractivity contribution is 0.0289. The number of nitrogens with zero attached hydrogens (tertiary/aromatic N) is 3. The summed E-state index contributed by atoms with van der Waals surface area (Å²) >= 11 is 0. The Kier molecular flexibility index (Phi) is 8.79. The van der Waals surface area contributed by atoms with Gasteiger partial charge in [0.2, 0.25) is 0 Å². The topological polar surface area (TPSA) is 84.9 Å². The first-order chi connectivity index (χ1) is 11.1. The minimum Gasteiger partial charge on any atom is -0.390 e. The second-order valence-electron chi connectivity index (χ2n) is 5.40. The Bertz CT molecular complexity index is 566. The van der Waals surface area contributed by atoms with Crippen LogP contribution in [0.1, 0.15) is 38.3 Å². The van der Waals surface area contributed by atoms with Crippen molar-refractivity contribution in [1.29, 1.82) is 0 Å². The third-order valence-electron chi connectivity index (χ3n) is 3.10. The van der Waals surface area contributed by atoms with Crippen LogP contribution in [0.4, 0.5) is 0 Å². The summed E-state index contributed by atoms with van der Waals surface area (Å²) in [7, 11) is 0. The van der Waals surface area contributed by atoms with Crippen molar-refractivity contribution in [1.82, 2.24) is 10.5 Å². The van der Waals surface area contributed by atoms with Crippen LogP contribution in [0.5, 0.6) is 0 Å². The molecule has 126 valence electrons. The second-order valence-corrected chi connectivity index (χ2v) is 5.40. The number of nitrogens with two attached hydrogens (primary N) is 1. The highest BCUT2D eigenvalue weighted by atomic mass is 16.6. The van der Waals surface area contributed by atoms with E-state index in [4.69, 9.17) is 10.6 Å². The first kappa shape index (κ1) is 19.0. The predicted octanol–water partition coefficient (Wildman–Crippen LogP) is 2.54. The van der Waals surface area contributed by atoms with Crippen molar-refractivity contribution in [3.63, 3.8) is 0 Å². The van der Waals surface area contributed by atoms with Crippen LogP contribution in [0, 0.1) is 6.92 Å². The molecule has 1 atom stereocenters. The van der Waals surface area contributed by atoms with Crippen LogP contribution in [-0.4, -0.2) is 30.2 Å². The second kappa shape index (κ2) is 10.6. The summed E-state index contributed by atoms with van der Waals surface area (Å²) in [5.74, 6) is 0. The quantitative estimate of drug-likeness (QED) is 0.416. The molecule has 23 heavy (non-hydrogen) atoms. The Hall–Kier alpha value is -2.05. The molecule has 0 aliphatic carbocycles. The van der Waals surface area contributed by atoms with Crippen molar-refractivity contribution in [2.75, 3.05) is 6.61 Å². The van der Waals surface area contributed by atoms with E-state index in [0.29, 0.717) is 19.6 Å². The Morgan fingerprint density at radius 3 is 2.91 bits per heavy atom. The molecular weight excluding hydrogens is 290 g/mol. The lowest BCUT2D eigenvalue weighted by Crippen LogP contribution is -2.26. The van der Waals surface area contributed by atoms with Crippen LogP contribution in [0.25, 0.3) is 0 Å². The van der Waals surface area contributed by atoms with Crippen molar-refractivity contribution in [2.24, 2.45) is 15.7 Å². The molecule has 0 fully saturated rings. The number of pyridine rings is 1. The number of rotatable bonds is 9. The van der Waals surface area contributed by atoms with Gasteiger partial charge in [-0.2, -0.15) is 5.48 Å². The third kappa shape index (κ3) is 7.67. The first-order valence-corrected chi connectivity index (χ1v) is 7.78. The number of hydrogen-bond donors (Lipinski definition) is 2. The fourth-order valence-corrected chi connectivity index (χ4v) is 2.03. The van der Waals surface area contributed by atoms with Gasteiger partial charge < -0.3 is 10.6 Å². The number of allylic oxidation sites excluding steroid dienone is 1. The van der Waals surface area contributed by atoms with E-state index in [1.165, 1.54) is 6.34 Å². The predicted molar refractivity (Wildman–Crippen MR) is 95.4 cm³/mol. The maximum atomic E-state index is 5.45. The van der Waals surface area contributed by atoms with E-state index in [1.54, 1.807) is 0 Å². The lowest BCUT2D eigenvalue weighted by atomic mass is 10.1. The minimum atomic E-state index is 0.137. The number of nitrogens with one attached hydrogen (secondary N) is 1. The number of aliphatic imine (C=N–C) groups is 2. The summed E-state index contributed by atoms with van der Waals surface area (Å²) in [5, 5.41) is 0. The molecule has 0 spiro atoms. The maximum Gasteiger partial charge on any atom is 0.0856 e. The molecule has 6 nitrogen and oxygen atoms in total. The van der Waals surface area contributed by atoms with E-state index in [0.717, 1.165) is 22.4 Å². The fraction of sp³-hybridized carbons (Fsp3) is 0.471. The number of hydrogen-bond acceptors (Lipinski definition) is 5. The van der Waals surface area contributed by atoms with Crippen molar-refractivity contribution in [3.8, 4) is 0 Å². The molecule has 1 heterocycles. The highest BCUT2D eigenvalue weighted by Crippen LogP contribution is 2.12. The van der Waals surface area contributed by atoms with Gasteiger partial charge in [-0.3, -0.25) is 9.98 Å². The average Bonchev–Trinajstić information content (AvgIpc) is 2.52. The van der Waals surface area contributed by atoms with E-state index < -0.39 is 0 Å². The zero-order valence-electron chi connectivity index (χ0n) is 14.4. The van der Waals surface area contributed by atoms with Gasteiger partial charge in [-0.1, -0.05) is 6.07 Å². The van der Waals surface area contributed by atoms with E-state index >= 15 is 0 Å². The molecule has 1 aromatic rings. The Morgan fingerprint density at radius 1 is 1.48 bits per heavy atom. The van der Waals surface area contributed by atoms with Crippen molar-refractivity contribution in [3.05, 3.63) is 40.9 Å². The van der Waals surface area contributed by atoms with Gasteiger partial charge in [0.15, 0.2) is 0 Å². The number of hydroxylamine groups is 1. The fourth-order valence-electron chi connectivity index (χ4n) is 2.03. The van der Waals surface area contributed by atoms with Crippen LogP contribution < -0.4 is 11.2 Å². The van der Waals surface area contributed by atoms with Gasteiger partial charge in [-0.15, -0.1) is 0 Å². The van der Waals surface area contributed by atoms with Crippen LogP contribution in [-0.2, 0) is 11.4 Å². The molecule has 6 heteroatoms. The summed E-state index contributed by atoms with van der Waals surface area (Å²) < 4.78 is 0. The van der Waals surface area contributed by atoms with E-state index in [9.17, 15) is 0 Å². The normalized spacial score (nSPS) is 14.4. The van der Waals surface area contributed by atoms with Crippen molar-refractivity contribution >= 4 is 12.6 Å². The zero-order chi connectivity index (χ0) is 17.1. The maximum absolute atomic E-state index is 5.45. The van der Waals surface area contributed by atoms with E-state index in [-0.39, 0.29) is 6.04 Å². The van der Waals surface area contributed by atoms with Gasteiger partial charge in [-0.05, 0) is 44.4 Å². The molecule has 0 radical (unpaired) electrons. The molecule has 0 saturated carbocycles. The highest BCUT2D eigenvalue weighted by Gasteiger charge is 2.07. The van der Waals surface area contributed by atoms with Crippen LogP contribution in [0.15, 0.2) is 39.7 Å². The van der Waals surface area contributed by atoms with E-state index in [1.807, 2.05) is 46.3 Å². The third-order valence-corrected chi connectivity index (χ3v) is 3.10. The molecule has 0 aliphatic heterocycles. The summed E-state index contributed by atoms with van der Waals surface area (Å²) in [6.07, 6.45) is 7.51. The Morgan fingerprint density at radius 2 is 2.26 bits per heavy atom.